The Labute approximate surface area is 118 Å². The van der Waals surface area contributed by atoms with Gasteiger partial charge in [0.1, 0.15) is 6.10 Å². The van der Waals surface area contributed by atoms with E-state index in [2.05, 4.69) is 10.6 Å². The number of hydrogen-bond donors (Lipinski definition) is 4. The molecule has 0 aliphatic heterocycles. The highest BCUT2D eigenvalue weighted by molar-refractivity contribution is 5.80. The Balaban J connectivity index is 1.55. The normalized spacial score (nSPS) is 39.4. The molecule has 5 N–H and O–H groups in total. The van der Waals surface area contributed by atoms with E-state index < -0.39 is 12.0 Å². The van der Waals surface area contributed by atoms with Gasteiger partial charge in [0.2, 0.25) is 5.91 Å². The number of carbonyl (C=O) groups excluding carboxylic acids is 2. The number of amides is 3. The van der Waals surface area contributed by atoms with Crippen LogP contribution in [0.5, 0.6) is 0 Å². The van der Waals surface area contributed by atoms with Crippen LogP contribution < -0.4 is 16.4 Å². The van der Waals surface area contributed by atoms with Crippen LogP contribution in [-0.2, 0) is 4.79 Å². The molecule has 112 valence electrons. The van der Waals surface area contributed by atoms with Gasteiger partial charge in [-0.3, -0.25) is 4.79 Å². The van der Waals surface area contributed by atoms with E-state index in [0.717, 1.165) is 37.0 Å². The molecule has 1 atom stereocenters. The summed E-state index contributed by atoms with van der Waals surface area (Å²) in [5.74, 6) is 1.47. The largest absolute Gasteiger partial charge is 0.381 e. The van der Waals surface area contributed by atoms with Gasteiger partial charge in [-0.2, -0.15) is 0 Å². The number of nitrogens with two attached hydrogens (primary N) is 1. The number of rotatable bonds is 4. The summed E-state index contributed by atoms with van der Waals surface area (Å²) < 4.78 is 0. The van der Waals surface area contributed by atoms with E-state index in [1.165, 1.54) is 19.3 Å². The summed E-state index contributed by atoms with van der Waals surface area (Å²) >= 11 is 0. The van der Waals surface area contributed by atoms with Crippen LogP contribution in [-0.4, -0.2) is 35.2 Å². The second-order valence-corrected chi connectivity index (χ2v) is 6.95. The van der Waals surface area contributed by atoms with Crippen molar-refractivity contribution in [2.45, 2.75) is 50.2 Å². The SMILES string of the molecule is NC(=O)C(O)CNC(=O)NC12CC3CC(CC(C3)C1)C2. The molecule has 4 bridgehead atoms. The van der Waals surface area contributed by atoms with Gasteiger partial charge in [0.25, 0.3) is 0 Å². The van der Waals surface area contributed by atoms with Gasteiger partial charge < -0.3 is 21.5 Å². The van der Waals surface area contributed by atoms with Crippen molar-refractivity contribution in [3.05, 3.63) is 0 Å². The minimum atomic E-state index is -1.32. The maximum atomic E-state index is 12.0. The monoisotopic (exact) mass is 281 g/mol. The lowest BCUT2D eigenvalue weighted by atomic mass is 9.53. The lowest BCUT2D eigenvalue weighted by molar-refractivity contribution is -0.125. The van der Waals surface area contributed by atoms with Gasteiger partial charge in [0.05, 0.1) is 6.54 Å². The molecule has 6 heteroatoms. The van der Waals surface area contributed by atoms with Crippen molar-refractivity contribution in [2.75, 3.05) is 6.54 Å². The van der Waals surface area contributed by atoms with Crippen LogP contribution in [0.4, 0.5) is 4.79 Å². The molecule has 4 rings (SSSR count). The van der Waals surface area contributed by atoms with Gasteiger partial charge in [-0.15, -0.1) is 0 Å². The number of nitrogens with one attached hydrogen (secondary N) is 2. The highest BCUT2D eigenvalue weighted by Crippen LogP contribution is 2.55. The molecule has 0 aromatic rings. The zero-order chi connectivity index (χ0) is 14.3. The van der Waals surface area contributed by atoms with Gasteiger partial charge >= 0.3 is 6.03 Å². The van der Waals surface area contributed by atoms with Crippen LogP contribution in [0.3, 0.4) is 0 Å². The molecule has 0 heterocycles. The fraction of sp³-hybridized carbons (Fsp3) is 0.857. The Hall–Kier alpha value is -1.30. The standard InChI is InChI=1S/C14H23N3O3/c15-12(19)11(18)7-16-13(20)17-14-4-8-1-9(5-14)3-10(2-8)6-14/h8-11,18H,1-7H2,(H2,15,19)(H2,16,17,20). The molecule has 0 aromatic heterocycles. The number of aliphatic hydroxyl groups excluding tert-OH is 1. The first-order valence-electron chi connectivity index (χ1n) is 7.49. The fourth-order valence-corrected chi connectivity index (χ4v) is 4.84. The molecule has 0 saturated heterocycles. The van der Waals surface area contributed by atoms with Crippen LogP contribution in [0.2, 0.25) is 0 Å². The Morgan fingerprint density at radius 3 is 2.10 bits per heavy atom. The number of aliphatic hydroxyl groups is 1. The van der Waals surface area contributed by atoms with Crippen molar-refractivity contribution in [2.24, 2.45) is 23.5 Å². The quantitative estimate of drug-likeness (QED) is 0.587. The molecule has 0 aromatic carbocycles. The van der Waals surface area contributed by atoms with Gasteiger partial charge in [0.15, 0.2) is 0 Å². The van der Waals surface area contributed by atoms with Crippen LogP contribution in [0.1, 0.15) is 38.5 Å². The molecule has 1 unspecified atom stereocenters. The molecular weight excluding hydrogens is 258 g/mol. The number of carbonyl (C=O) groups is 2. The maximum Gasteiger partial charge on any atom is 0.315 e. The summed E-state index contributed by atoms with van der Waals surface area (Å²) in [4.78, 5) is 22.7. The second-order valence-electron chi connectivity index (χ2n) is 6.95. The van der Waals surface area contributed by atoms with Gasteiger partial charge in [-0.05, 0) is 56.3 Å². The zero-order valence-corrected chi connectivity index (χ0v) is 11.6. The van der Waals surface area contributed by atoms with Gasteiger partial charge in [-0.25, -0.2) is 4.79 Å². The molecular formula is C14H23N3O3. The van der Waals surface area contributed by atoms with Gasteiger partial charge in [0, 0.05) is 5.54 Å². The van der Waals surface area contributed by atoms with E-state index in [-0.39, 0.29) is 18.1 Å². The average Bonchev–Trinajstić information content (AvgIpc) is 2.33. The van der Waals surface area contributed by atoms with Crippen molar-refractivity contribution in [1.29, 1.82) is 0 Å². The highest BCUT2D eigenvalue weighted by atomic mass is 16.3. The van der Waals surface area contributed by atoms with E-state index >= 15 is 0 Å². The van der Waals surface area contributed by atoms with Crippen molar-refractivity contribution in [3.8, 4) is 0 Å². The Morgan fingerprint density at radius 1 is 1.15 bits per heavy atom. The third kappa shape index (κ3) is 2.61. The van der Waals surface area contributed by atoms with Crippen molar-refractivity contribution in [1.82, 2.24) is 10.6 Å². The minimum absolute atomic E-state index is 0.0590. The third-order valence-corrected chi connectivity index (χ3v) is 5.20. The summed E-state index contributed by atoms with van der Waals surface area (Å²) in [6, 6.07) is -0.299. The maximum absolute atomic E-state index is 12.0. The fourth-order valence-electron chi connectivity index (χ4n) is 4.84. The van der Waals surface area contributed by atoms with Crippen LogP contribution in [0.15, 0.2) is 0 Å². The molecule has 4 aliphatic rings. The van der Waals surface area contributed by atoms with Crippen molar-refractivity contribution >= 4 is 11.9 Å². The number of hydrogen-bond acceptors (Lipinski definition) is 3. The number of primary amides is 1. The van der Waals surface area contributed by atoms with Crippen molar-refractivity contribution < 1.29 is 14.7 Å². The van der Waals surface area contributed by atoms with Gasteiger partial charge in [-0.1, -0.05) is 0 Å². The van der Waals surface area contributed by atoms with E-state index in [1.54, 1.807) is 0 Å². The second kappa shape index (κ2) is 4.91. The first kappa shape index (κ1) is 13.7. The summed E-state index contributed by atoms with van der Waals surface area (Å²) in [5, 5.41) is 14.9. The predicted molar refractivity (Wildman–Crippen MR) is 72.6 cm³/mol. The first-order valence-corrected chi connectivity index (χ1v) is 7.49. The lowest BCUT2D eigenvalue weighted by Crippen LogP contribution is -2.61. The lowest BCUT2D eigenvalue weighted by Gasteiger charge is -2.56. The van der Waals surface area contributed by atoms with Crippen LogP contribution >= 0.6 is 0 Å². The first-order chi connectivity index (χ1) is 9.46. The smallest absolute Gasteiger partial charge is 0.315 e. The van der Waals surface area contributed by atoms with E-state index in [0.29, 0.717) is 0 Å². The molecule has 6 nitrogen and oxygen atoms in total. The highest BCUT2D eigenvalue weighted by Gasteiger charge is 2.51. The zero-order valence-electron chi connectivity index (χ0n) is 11.6. The van der Waals surface area contributed by atoms with Crippen LogP contribution in [0.25, 0.3) is 0 Å². The summed E-state index contributed by atoms with van der Waals surface area (Å²) in [7, 11) is 0. The van der Waals surface area contributed by atoms with Crippen molar-refractivity contribution in [3.63, 3.8) is 0 Å². The predicted octanol–water partition coefficient (Wildman–Crippen LogP) is 0.101. The molecule has 20 heavy (non-hydrogen) atoms. The minimum Gasteiger partial charge on any atom is -0.381 e. The topological polar surface area (TPSA) is 104 Å². The Morgan fingerprint density at radius 2 is 1.65 bits per heavy atom. The van der Waals surface area contributed by atoms with Crippen LogP contribution in [0, 0.1) is 17.8 Å². The molecule has 0 spiro atoms. The Bertz CT molecular complexity index is 389. The molecule has 4 saturated carbocycles. The summed E-state index contributed by atoms with van der Waals surface area (Å²) in [6.07, 6.45) is 5.87. The molecule has 4 aliphatic carbocycles. The molecule has 3 amide bonds. The average molecular weight is 281 g/mol. The number of urea groups is 1. The Kier molecular flexibility index (Phi) is 3.36. The van der Waals surface area contributed by atoms with E-state index in [9.17, 15) is 14.7 Å². The molecule has 4 fully saturated rings. The van der Waals surface area contributed by atoms with E-state index in [1.807, 2.05) is 0 Å². The molecule has 0 radical (unpaired) electrons. The van der Waals surface area contributed by atoms with E-state index in [4.69, 9.17) is 5.73 Å². The summed E-state index contributed by atoms with van der Waals surface area (Å²) in [6.45, 7) is -0.131. The summed E-state index contributed by atoms with van der Waals surface area (Å²) in [5.41, 5.74) is 4.89. The third-order valence-electron chi connectivity index (χ3n) is 5.20.